The number of aryl methyl sites for hydroxylation is 2. The van der Waals surface area contributed by atoms with E-state index < -0.39 is 41.3 Å². The van der Waals surface area contributed by atoms with Crippen molar-refractivity contribution < 1.29 is 27.5 Å². The number of hydrogen-bond donors (Lipinski definition) is 1. The third-order valence-electron chi connectivity index (χ3n) is 6.46. The Hall–Kier alpha value is -3.95. The maximum Gasteiger partial charge on any atom is 0.416 e. The molecule has 2 aromatic heterocycles. The van der Waals surface area contributed by atoms with Gasteiger partial charge in [-0.25, -0.2) is 0 Å². The van der Waals surface area contributed by atoms with Crippen molar-refractivity contribution in [3.05, 3.63) is 87.6 Å². The minimum absolute atomic E-state index is 0.0666. The Bertz CT molecular complexity index is 1380. The molecule has 0 saturated carbocycles. The first-order valence-electron chi connectivity index (χ1n) is 12.5. The Labute approximate surface area is 225 Å². The highest BCUT2D eigenvalue weighted by atomic mass is 19.4. The van der Waals surface area contributed by atoms with Gasteiger partial charge in [0, 0.05) is 30.2 Å². The van der Waals surface area contributed by atoms with Crippen molar-refractivity contribution in [3.63, 3.8) is 0 Å². The van der Waals surface area contributed by atoms with Gasteiger partial charge in [-0.1, -0.05) is 32.0 Å². The van der Waals surface area contributed by atoms with Crippen LogP contribution in [0.3, 0.4) is 0 Å². The summed E-state index contributed by atoms with van der Waals surface area (Å²) >= 11 is 0. The van der Waals surface area contributed by atoms with E-state index in [1.807, 2.05) is 52.0 Å². The van der Waals surface area contributed by atoms with Gasteiger partial charge >= 0.3 is 12.1 Å². The fourth-order valence-electron chi connectivity index (χ4n) is 4.54. The number of esters is 1. The van der Waals surface area contributed by atoms with Crippen LogP contribution in [-0.2, 0) is 20.5 Å². The number of rotatable bonds is 9. The Morgan fingerprint density at radius 1 is 1.08 bits per heavy atom. The summed E-state index contributed by atoms with van der Waals surface area (Å²) in [5.74, 6) is -1.26. The average molecular weight is 544 g/mol. The van der Waals surface area contributed by atoms with E-state index in [1.165, 1.54) is 13.3 Å². The molecule has 1 N–H and O–H groups in total. The van der Waals surface area contributed by atoms with Gasteiger partial charge in [0.15, 0.2) is 0 Å². The SMILES string of the molecule is COC(=O)CC(NC(=O)C(CC(C)C)n1ccc(C(F)(F)F)cc1=O)c1cncc(-c2c(C)cccc2C)c1. The van der Waals surface area contributed by atoms with Gasteiger partial charge in [0.05, 0.1) is 25.1 Å². The van der Waals surface area contributed by atoms with Crippen molar-refractivity contribution in [1.29, 1.82) is 0 Å². The molecule has 0 radical (unpaired) electrons. The lowest BCUT2D eigenvalue weighted by Gasteiger charge is -2.25. The second-order valence-corrected chi connectivity index (χ2v) is 9.92. The number of hydrogen-bond acceptors (Lipinski definition) is 5. The number of halogens is 3. The number of nitrogens with one attached hydrogen (secondary N) is 1. The number of carbonyl (C=O) groups is 2. The van der Waals surface area contributed by atoms with E-state index in [-0.39, 0.29) is 18.8 Å². The van der Waals surface area contributed by atoms with Gasteiger partial charge in [-0.2, -0.15) is 13.2 Å². The first-order chi connectivity index (χ1) is 18.3. The number of alkyl halides is 3. The minimum atomic E-state index is -4.69. The van der Waals surface area contributed by atoms with Gasteiger partial charge in [-0.05, 0) is 60.6 Å². The van der Waals surface area contributed by atoms with E-state index in [1.54, 1.807) is 6.20 Å². The zero-order valence-corrected chi connectivity index (χ0v) is 22.5. The summed E-state index contributed by atoms with van der Waals surface area (Å²) in [6.07, 6.45) is -0.505. The van der Waals surface area contributed by atoms with Crippen LogP contribution in [0.2, 0.25) is 0 Å². The molecule has 7 nitrogen and oxygen atoms in total. The van der Waals surface area contributed by atoms with Crippen molar-refractivity contribution >= 4 is 11.9 Å². The summed E-state index contributed by atoms with van der Waals surface area (Å²) in [5, 5.41) is 2.82. The fourth-order valence-corrected chi connectivity index (χ4v) is 4.54. The van der Waals surface area contributed by atoms with E-state index >= 15 is 0 Å². The highest BCUT2D eigenvalue weighted by Gasteiger charge is 2.33. The van der Waals surface area contributed by atoms with Crippen LogP contribution in [0.1, 0.15) is 61.0 Å². The van der Waals surface area contributed by atoms with Gasteiger partial charge in [0.1, 0.15) is 6.04 Å². The van der Waals surface area contributed by atoms with Gasteiger partial charge in [0.2, 0.25) is 5.91 Å². The molecule has 0 spiro atoms. The molecule has 2 unspecified atom stereocenters. The number of ether oxygens (including phenoxy) is 1. The van der Waals surface area contributed by atoms with Crippen molar-refractivity contribution in [2.75, 3.05) is 7.11 Å². The molecule has 1 aromatic carbocycles. The number of methoxy groups -OCH3 is 1. The third-order valence-corrected chi connectivity index (χ3v) is 6.46. The highest BCUT2D eigenvalue weighted by molar-refractivity contribution is 5.82. The van der Waals surface area contributed by atoms with Gasteiger partial charge in [-0.15, -0.1) is 0 Å². The molecular formula is C29H32F3N3O4. The van der Waals surface area contributed by atoms with Gasteiger partial charge < -0.3 is 14.6 Å². The summed E-state index contributed by atoms with van der Waals surface area (Å²) in [7, 11) is 1.23. The fraction of sp³-hybridized carbons (Fsp3) is 0.379. The number of amides is 1. The summed E-state index contributed by atoms with van der Waals surface area (Å²) < 4.78 is 45.2. The summed E-state index contributed by atoms with van der Waals surface area (Å²) in [4.78, 5) is 42.8. The Morgan fingerprint density at radius 3 is 2.31 bits per heavy atom. The van der Waals surface area contributed by atoms with Crippen LogP contribution < -0.4 is 10.9 Å². The van der Waals surface area contributed by atoms with Crippen LogP contribution in [0.25, 0.3) is 11.1 Å². The number of benzene rings is 1. The van der Waals surface area contributed by atoms with Crippen LogP contribution in [-0.4, -0.2) is 28.5 Å². The monoisotopic (exact) mass is 543 g/mol. The molecule has 208 valence electrons. The molecule has 0 aliphatic heterocycles. The second kappa shape index (κ2) is 12.3. The highest BCUT2D eigenvalue weighted by Crippen LogP contribution is 2.31. The predicted octanol–water partition coefficient (Wildman–Crippen LogP) is 5.55. The lowest BCUT2D eigenvalue weighted by atomic mass is 9.94. The zero-order chi connectivity index (χ0) is 28.9. The minimum Gasteiger partial charge on any atom is -0.469 e. The number of nitrogens with zero attached hydrogens (tertiary/aromatic N) is 2. The molecule has 0 aliphatic rings. The molecule has 1 amide bonds. The lowest BCUT2D eigenvalue weighted by molar-refractivity contribution is -0.141. The van der Waals surface area contributed by atoms with E-state index in [0.717, 1.165) is 39.1 Å². The average Bonchev–Trinajstić information content (AvgIpc) is 2.86. The molecular weight excluding hydrogens is 511 g/mol. The Kier molecular flexibility index (Phi) is 9.32. The summed E-state index contributed by atoms with van der Waals surface area (Å²) in [6, 6.07) is 7.01. The maximum atomic E-state index is 13.6. The van der Waals surface area contributed by atoms with Crippen LogP contribution in [0, 0.1) is 19.8 Å². The van der Waals surface area contributed by atoms with Gasteiger partial charge in [-0.3, -0.25) is 19.4 Å². The Balaban J connectivity index is 2.01. The van der Waals surface area contributed by atoms with E-state index in [9.17, 15) is 27.6 Å². The quantitative estimate of drug-likeness (QED) is 0.357. The smallest absolute Gasteiger partial charge is 0.416 e. The normalized spacial score (nSPS) is 13.2. The van der Waals surface area contributed by atoms with Crippen molar-refractivity contribution in [2.45, 2.75) is 58.8 Å². The maximum absolute atomic E-state index is 13.6. The molecule has 10 heteroatoms. The van der Waals surface area contributed by atoms with Crippen LogP contribution in [0.4, 0.5) is 13.2 Å². The molecule has 3 aromatic rings. The largest absolute Gasteiger partial charge is 0.469 e. The number of pyridine rings is 2. The van der Waals surface area contributed by atoms with Crippen LogP contribution in [0.15, 0.2) is 59.8 Å². The predicted molar refractivity (Wildman–Crippen MR) is 141 cm³/mol. The standard InChI is InChI=1S/C29H32F3N3O4/c1-17(2)11-24(35-10-9-22(13-25(35)36)29(30,31)32)28(38)34-23(14-26(37)39-5)20-12-21(16-33-15-20)27-18(3)7-6-8-19(27)4/h6-10,12-13,15-17,23-24H,11,14H2,1-5H3,(H,34,38). The second-order valence-electron chi connectivity index (χ2n) is 9.92. The van der Waals surface area contributed by atoms with Crippen LogP contribution >= 0.6 is 0 Å². The van der Waals surface area contributed by atoms with E-state index in [4.69, 9.17) is 4.74 Å². The first kappa shape index (κ1) is 29.6. The molecule has 0 aliphatic carbocycles. The van der Waals surface area contributed by atoms with Crippen molar-refractivity contribution in [3.8, 4) is 11.1 Å². The summed E-state index contributed by atoms with van der Waals surface area (Å²) in [5.41, 5.74) is 2.33. The third kappa shape index (κ3) is 7.34. The first-order valence-corrected chi connectivity index (χ1v) is 12.5. The Morgan fingerprint density at radius 2 is 1.74 bits per heavy atom. The molecule has 3 rings (SSSR count). The molecule has 2 atom stereocenters. The van der Waals surface area contributed by atoms with Crippen molar-refractivity contribution in [2.24, 2.45) is 5.92 Å². The van der Waals surface area contributed by atoms with Gasteiger partial charge in [0.25, 0.3) is 5.56 Å². The van der Waals surface area contributed by atoms with E-state index in [0.29, 0.717) is 11.6 Å². The number of aromatic nitrogens is 2. The molecule has 39 heavy (non-hydrogen) atoms. The van der Waals surface area contributed by atoms with Crippen molar-refractivity contribution in [1.82, 2.24) is 14.9 Å². The molecule has 0 saturated heterocycles. The van der Waals surface area contributed by atoms with E-state index in [2.05, 4.69) is 10.3 Å². The molecule has 0 fully saturated rings. The topological polar surface area (TPSA) is 90.3 Å². The molecule has 0 bridgehead atoms. The molecule has 2 heterocycles. The summed E-state index contributed by atoms with van der Waals surface area (Å²) in [6.45, 7) is 7.61. The number of carbonyl (C=O) groups excluding carboxylic acids is 2. The zero-order valence-electron chi connectivity index (χ0n) is 22.5. The lowest BCUT2D eigenvalue weighted by Crippen LogP contribution is -2.40. The van der Waals surface area contributed by atoms with Crippen LogP contribution in [0.5, 0.6) is 0 Å².